The predicted octanol–water partition coefficient (Wildman–Crippen LogP) is 7.39. The van der Waals surface area contributed by atoms with Gasteiger partial charge in [-0.05, 0) is 94.7 Å². The van der Waals surface area contributed by atoms with Crippen molar-refractivity contribution in [3.05, 3.63) is 78.6 Å². The van der Waals surface area contributed by atoms with Gasteiger partial charge >= 0.3 is 5.97 Å². The predicted molar refractivity (Wildman–Crippen MR) is 184 cm³/mol. The zero-order chi connectivity index (χ0) is 32.5. The molecular formula is C39H52N4O3. The van der Waals surface area contributed by atoms with Gasteiger partial charge in [-0.2, -0.15) is 0 Å². The van der Waals surface area contributed by atoms with Gasteiger partial charge in [-0.15, -0.1) is 6.58 Å². The Morgan fingerprint density at radius 2 is 1.70 bits per heavy atom. The van der Waals surface area contributed by atoms with Gasteiger partial charge in [-0.1, -0.05) is 62.4 Å². The van der Waals surface area contributed by atoms with Crippen molar-refractivity contribution in [2.24, 2.45) is 5.41 Å². The van der Waals surface area contributed by atoms with Crippen LogP contribution in [0.15, 0.2) is 67.3 Å². The Morgan fingerprint density at radius 1 is 1.00 bits per heavy atom. The summed E-state index contributed by atoms with van der Waals surface area (Å²) in [5, 5.41) is 0. The van der Waals surface area contributed by atoms with Crippen LogP contribution >= 0.6 is 0 Å². The minimum atomic E-state index is -1.10. The summed E-state index contributed by atoms with van der Waals surface area (Å²) in [6.07, 6.45) is 10.5. The highest BCUT2D eigenvalue weighted by atomic mass is 16.5. The number of carbonyl (C=O) groups excluding carboxylic acids is 2. The number of nitrogens with zero attached hydrogens (tertiary/aromatic N) is 4. The first-order chi connectivity index (χ1) is 22.3. The van der Waals surface area contributed by atoms with Crippen LogP contribution in [0.25, 0.3) is 11.0 Å². The number of imidazole rings is 1. The fourth-order valence-electron chi connectivity index (χ4n) is 9.33. The Kier molecular flexibility index (Phi) is 9.17. The van der Waals surface area contributed by atoms with E-state index in [1.54, 1.807) is 6.92 Å². The highest BCUT2D eigenvalue weighted by Gasteiger charge is 2.52. The van der Waals surface area contributed by atoms with Crippen LogP contribution in [0, 0.1) is 12.3 Å². The Morgan fingerprint density at radius 3 is 2.37 bits per heavy atom. The van der Waals surface area contributed by atoms with Crippen LogP contribution in [0.4, 0.5) is 0 Å². The second-order valence-corrected chi connectivity index (χ2v) is 14.0. The van der Waals surface area contributed by atoms with Gasteiger partial charge in [-0.25, -0.2) is 4.98 Å². The van der Waals surface area contributed by atoms with Crippen molar-refractivity contribution in [2.45, 2.75) is 109 Å². The van der Waals surface area contributed by atoms with E-state index in [0.717, 1.165) is 56.4 Å². The number of hydrogen-bond acceptors (Lipinski definition) is 5. The molecular weight excluding hydrogens is 572 g/mol. The lowest BCUT2D eigenvalue weighted by atomic mass is 9.69. The normalized spacial score (nSPS) is 24.7. The van der Waals surface area contributed by atoms with Gasteiger partial charge in [0.15, 0.2) is 0 Å². The van der Waals surface area contributed by atoms with Gasteiger partial charge in [0.1, 0.15) is 11.2 Å². The Bertz CT molecular complexity index is 1550. The van der Waals surface area contributed by atoms with Crippen LogP contribution in [0.1, 0.15) is 96.0 Å². The zero-order valence-corrected chi connectivity index (χ0v) is 28.3. The first kappa shape index (κ1) is 32.5. The summed E-state index contributed by atoms with van der Waals surface area (Å²) in [7, 11) is 0. The van der Waals surface area contributed by atoms with Crippen LogP contribution in [-0.2, 0) is 19.7 Å². The molecule has 246 valence electrons. The van der Waals surface area contributed by atoms with Crippen molar-refractivity contribution in [3.8, 4) is 0 Å². The molecule has 3 saturated heterocycles. The highest BCUT2D eigenvalue weighted by molar-refractivity contribution is 6.02. The summed E-state index contributed by atoms with van der Waals surface area (Å²) in [4.78, 5) is 36.6. The number of fused-ring (bicyclic) bond motifs is 3. The standard InChI is InChI=1S/C39H52N4O3/c1-6-38-20-19-31(27-32(28-38)43-29(5)40-33-17-13-14-18-34(33)43)42(38)26-23-37(30-15-11-10-12-16-30)21-24-41(25-22-37)35(44)39(7-2,8-3)36(45)46-9-4/h6,10-18,31-32H,1,7-9,19-28H2,2-5H3. The second kappa shape index (κ2) is 13.0. The number of benzene rings is 2. The average molecular weight is 625 g/mol. The number of carbonyl (C=O) groups is 2. The zero-order valence-electron chi connectivity index (χ0n) is 28.3. The number of aryl methyl sites for hydroxylation is 1. The number of ether oxygens (including phenoxy) is 1. The molecule has 3 unspecified atom stereocenters. The molecule has 0 aliphatic carbocycles. The van der Waals surface area contributed by atoms with Gasteiger partial charge in [0, 0.05) is 37.3 Å². The van der Waals surface area contributed by atoms with E-state index in [-0.39, 0.29) is 29.4 Å². The number of amides is 1. The summed E-state index contributed by atoms with van der Waals surface area (Å²) < 4.78 is 7.91. The summed E-state index contributed by atoms with van der Waals surface area (Å²) in [5.41, 5.74) is 2.52. The number of piperidine rings is 2. The van der Waals surface area contributed by atoms with Crippen molar-refractivity contribution in [3.63, 3.8) is 0 Å². The maximum Gasteiger partial charge on any atom is 0.321 e. The number of esters is 1. The van der Waals surface area contributed by atoms with E-state index in [9.17, 15) is 9.59 Å². The van der Waals surface area contributed by atoms with Gasteiger partial charge < -0.3 is 14.2 Å². The molecule has 6 rings (SSSR count). The van der Waals surface area contributed by atoms with E-state index in [0.29, 0.717) is 38.0 Å². The molecule has 0 spiro atoms. The Balaban J connectivity index is 1.21. The van der Waals surface area contributed by atoms with E-state index in [1.165, 1.54) is 17.5 Å². The monoisotopic (exact) mass is 624 g/mol. The summed E-state index contributed by atoms with van der Waals surface area (Å²) >= 11 is 0. The number of para-hydroxylation sites is 2. The molecule has 1 aromatic heterocycles. The third-order valence-corrected chi connectivity index (χ3v) is 12.1. The third-order valence-electron chi connectivity index (χ3n) is 12.1. The molecule has 3 fully saturated rings. The molecule has 3 aliphatic heterocycles. The number of hydrogen-bond donors (Lipinski definition) is 0. The van der Waals surface area contributed by atoms with Crippen LogP contribution in [-0.4, -0.2) is 69.0 Å². The number of likely N-dealkylation sites (tertiary alicyclic amines) is 1. The molecule has 2 aromatic carbocycles. The van der Waals surface area contributed by atoms with Gasteiger partial charge in [0.2, 0.25) is 5.91 Å². The topological polar surface area (TPSA) is 67.7 Å². The summed E-state index contributed by atoms with van der Waals surface area (Å²) in [6.45, 7) is 14.8. The van der Waals surface area contributed by atoms with Crippen molar-refractivity contribution in [1.29, 1.82) is 0 Å². The maximum atomic E-state index is 14.0. The van der Waals surface area contributed by atoms with Crippen molar-refractivity contribution >= 4 is 22.9 Å². The summed E-state index contributed by atoms with van der Waals surface area (Å²) in [5.74, 6) is 0.656. The van der Waals surface area contributed by atoms with Gasteiger partial charge in [0.05, 0.1) is 17.6 Å². The van der Waals surface area contributed by atoms with Gasteiger partial charge in [0.25, 0.3) is 0 Å². The van der Waals surface area contributed by atoms with Crippen molar-refractivity contribution in [2.75, 3.05) is 26.2 Å². The molecule has 4 heterocycles. The molecule has 3 aromatic rings. The van der Waals surface area contributed by atoms with E-state index in [1.807, 2.05) is 18.7 Å². The molecule has 7 nitrogen and oxygen atoms in total. The first-order valence-electron chi connectivity index (χ1n) is 17.6. The fraction of sp³-hybridized carbons (Fsp3) is 0.564. The van der Waals surface area contributed by atoms with Crippen LogP contribution in [0.5, 0.6) is 0 Å². The number of rotatable bonds is 11. The number of aromatic nitrogens is 2. The minimum absolute atomic E-state index is 0.0264. The van der Waals surface area contributed by atoms with E-state index >= 15 is 0 Å². The lowest BCUT2D eigenvalue weighted by molar-refractivity contribution is -0.166. The van der Waals surface area contributed by atoms with Crippen LogP contribution < -0.4 is 0 Å². The molecule has 0 radical (unpaired) electrons. The van der Waals surface area contributed by atoms with E-state index in [2.05, 4.69) is 83.6 Å². The molecule has 3 atom stereocenters. The highest BCUT2D eigenvalue weighted by Crippen LogP contribution is 2.51. The second-order valence-electron chi connectivity index (χ2n) is 14.0. The fourth-order valence-corrected chi connectivity index (χ4v) is 9.33. The molecule has 7 heteroatoms. The minimum Gasteiger partial charge on any atom is -0.465 e. The van der Waals surface area contributed by atoms with Crippen LogP contribution in [0.2, 0.25) is 0 Å². The smallest absolute Gasteiger partial charge is 0.321 e. The molecule has 2 bridgehead atoms. The van der Waals surface area contributed by atoms with E-state index < -0.39 is 5.41 Å². The molecule has 46 heavy (non-hydrogen) atoms. The average Bonchev–Trinajstić information content (AvgIpc) is 3.53. The maximum absolute atomic E-state index is 14.0. The summed E-state index contributed by atoms with van der Waals surface area (Å²) in [6, 6.07) is 20.4. The molecule has 0 saturated carbocycles. The van der Waals surface area contributed by atoms with E-state index in [4.69, 9.17) is 9.72 Å². The lowest BCUT2D eigenvalue weighted by Crippen LogP contribution is -2.55. The van der Waals surface area contributed by atoms with Crippen molar-refractivity contribution < 1.29 is 14.3 Å². The first-order valence-corrected chi connectivity index (χ1v) is 17.6. The SMILES string of the molecule is C=CC12CCC(CC(n3c(C)nc4ccccc43)C1)N2CCC1(c2ccccc2)CCN(C(=O)C(CC)(CC)C(=O)OCC)CC1. The van der Waals surface area contributed by atoms with Gasteiger partial charge in [-0.3, -0.25) is 14.5 Å². The Hall–Kier alpha value is -3.45. The molecule has 3 aliphatic rings. The lowest BCUT2D eigenvalue weighted by Gasteiger charge is -2.50. The largest absolute Gasteiger partial charge is 0.465 e. The van der Waals surface area contributed by atoms with Crippen LogP contribution in [0.3, 0.4) is 0 Å². The quantitative estimate of drug-likeness (QED) is 0.126. The Labute approximate surface area is 275 Å². The third kappa shape index (κ3) is 5.38. The molecule has 0 N–H and O–H groups in total. The molecule has 1 amide bonds. The van der Waals surface area contributed by atoms with Crippen molar-refractivity contribution in [1.82, 2.24) is 19.4 Å².